The predicted octanol–water partition coefficient (Wildman–Crippen LogP) is 0.999. The van der Waals surface area contributed by atoms with Gasteiger partial charge >= 0.3 is 0 Å². The number of nitrogens with two attached hydrogens (primary N) is 1. The molecule has 2 N–H and O–H groups in total. The van der Waals surface area contributed by atoms with Gasteiger partial charge in [-0.05, 0) is 18.8 Å². The second kappa shape index (κ2) is 6.86. The van der Waals surface area contributed by atoms with Crippen molar-refractivity contribution in [3.63, 3.8) is 0 Å². The van der Waals surface area contributed by atoms with E-state index in [1.165, 1.54) is 6.42 Å². The summed E-state index contributed by atoms with van der Waals surface area (Å²) in [7, 11) is 1.61. The maximum atomic E-state index is 12.0. The highest BCUT2D eigenvalue weighted by Crippen LogP contribution is 2.20. The van der Waals surface area contributed by atoms with Crippen LogP contribution < -0.4 is 5.73 Å². The number of carbonyl (C=O) groups is 1. The normalized spacial score (nSPS) is 23.2. The lowest BCUT2D eigenvalue weighted by molar-refractivity contribution is -0.135. The molecule has 0 radical (unpaired) electrons. The molecule has 4 nitrogen and oxygen atoms in total. The maximum Gasteiger partial charge on any atom is 0.225 e. The SMILES string of the molecule is CCC1CCCN(C(=O)CC(CN)OC)C1. The smallest absolute Gasteiger partial charge is 0.225 e. The lowest BCUT2D eigenvalue weighted by Gasteiger charge is -2.33. The van der Waals surface area contributed by atoms with Crippen molar-refractivity contribution in [2.45, 2.75) is 38.7 Å². The summed E-state index contributed by atoms with van der Waals surface area (Å²) in [5.41, 5.74) is 5.52. The molecule has 0 spiro atoms. The first-order valence-corrected chi connectivity index (χ1v) is 6.21. The zero-order chi connectivity index (χ0) is 12.0. The molecule has 1 rings (SSSR count). The first-order valence-electron chi connectivity index (χ1n) is 6.21. The molecule has 0 aromatic heterocycles. The number of hydrogen-bond donors (Lipinski definition) is 1. The Balaban J connectivity index is 2.40. The Bertz CT molecular complexity index is 217. The Morgan fingerprint density at radius 3 is 2.94 bits per heavy atom. The lowest BCUT2D eigenvalue weighted by Crippen LogP contribution is -2.42. The van der Waals surface area contributed by atoms with Crippen molar-refractivity contribution in [2.75, 3.05) is 26.7 Å². The van der Waals surface area contributed by atoms with E-state index < -0.39 is 0 Å². The van der Waals surface area contributed by atoms with Crippen LogP contribution in [0.3, 0.4) is 0 Å². The van der Waals surface area contributed by atoms with Crippen LogP contribution in [-0.4, -0.2) is 43.7 Å². The zero-order valence-corrected chi connectivity index (χ0v) is 10.4. The highest BCUT2D eigenvalue weighted by molar-refractivity contribution is 5.76. The predicted molar refractivity (Wildman–Crippen MR) is 64.1 cm³/mol. The van der Waals surface area contributed by atoms with E-state index in [2.05, 4.69) is 6.92 Å². The summed E-state index contributed by atoms with van der Waals surface area (Å²) in [5, 5.41) is 0. The third-order valence-electron chi connectivity index (χ3n) is 3.45. The van der Waals surface area contributed by atoms with Crippen LogP contribution in [0.5, 0.6) is 0 Å². The highest BCUT2D eigenvalue weighted by atomic mass is 16.5. The molecule has 1 fully saturated rings. The summed E-state index contributed by atoms with van der Waals surface area (Å²) in [6.45, 7) is 4.41. The van der Waals surface area contributed by atoms with Gasteiger partial charge in [-0.2, -0.15) is 0 Å². The Kier molecular flexibility index (Phi) is 5.77. The minimum absolute atomic E-state index is 0.130. The number of nitrogens with zero attached hydrogens (tertiary/aromatic N) is 1. The molecule has 0 bridgehead atoms. The minimum atomic E-state index is -0.130. The number of hydrogen-bond acceptors (Lipinski definition) is 3. The van der Waals surface area contributed by atoms with Crippen LogP contribution in [0.15, 0.2) is 0 Å². The molecule has 0 saturated carbocycles. The molecule has 0 aromatic rings. The van der Waals surface area contributed by atoms with Gasteiger partial charge in [0, 0.05) is 26.7 Å². The van der Waals surface area contributed by atoms with E-state index in [1.807, 2.05) is 4.90 Å². The summed E-state index contributed by atoms with van der Waals surface area (Å²) in [6, 6.07) is 0. The fourth-order valence-corrected chi connectivity index (χ4v) is 2.21. The Morgan fingerprint density at radius 1 is 1.62 bits per heavy atom. The Labute approximate surface area is 98.1 Å². The zero-order valence-electron chi connectivity index (χ0n) is 10.4. The summed E-state index contributed by atoms with van der Waals surface area (Å²) >= 11 is 0. The summed E-state index contributed by atoms with van der Waals surface area (Å²) in [4.78, 5) is 13.9. The van der Waals surface area contributed by atoms with E-state index in [0.717, 1.165) is 25.9 Å². The van der Waals surface area contributed by atoms with Crippen molar-refractivity contribution in [3.8, 4) is 0 Å². The lowest BCUT2D eigenvalue weighted by atomic mass is 9.95. The van der Waals surface area contributed by atoms with Crippen LogP contribution in [0.1, 0.15) is 32.6 Å². The number of likely N-dealkylation sites (tertiary alicyclic amines) is 1. The van der Waals surface area contributed by atoms with E-state index in [9.17, 15) is 4.79 Å². The standard InChI is InChI=1S/C12H24N2O2/c1-3-10-5-4-6-14(9-10)12(15)7-11(8-13)16-2/h10-11H,3-9,13H2,1-2H3. The van der Waals surface area contributed by atoms with Gasteiger partial charge in [0.15, 0.2) is 0 Å². The topological polar surface area (TPSA) is 55.6 Å². The highest BCUT2D eigenvalue weighted by Gasteiger charge is 2.24. The minimum Gasteiger partial charge on any atom is -0.380 e. The van der Waals surface area contributed by atoms with Crippen LogP contribution in [0, 0.1) is 5.92 Å². The average molecular weight is 228 g/mol. The second-order valence-electron chi connectivity index (χ2n) is 4.55. The number of amides is 1. The number of carbonyl (C=O) groups excluding carboxylic acids is 1. The number of piperidine rings is 1. The summed E-state index contributed by atoms with van der Waals surface area (Å²) in [6.07, 6.45) is 3.84. The molecule has 4 heteroatoms. The van der Waals surface area contributed by atoms with Gasteiger partial charge in [0.2, 0.25) is 5.91 Å². The molecule has 0 aliphatic carbocycles. The molecule has 2 unspecified atom stereocenters. The second-order valence-corrected chi connectivity index (χ2v) is 4.55. The fourth-order valence-electron chi connectivity index (χ4n) is 2.21. The van der Waals surface area contributed by atoms with Crippen LogP contribution in [0.4, 0.5) is 0 Å². The maximum absolute atomic E-state index is 12.0. The van der Waals surface area contributed by atoms with Crippen molar-refractivity contribution >= 4 is 5.91 Å². The van der Waals surface area contributed by atoms with Gasteiger partial charge in [0.25, 0.3) is 0 Å². The van der Waals surface area contributed by atoms with Crippen molar-refractivity contribution in [2.24, 2.45) is 11.7 Å². The van der Waals surface area contributed by atoms with Crippen LogP contribution in [0.2, 0.25) is 0 Å². The number of methoxy groups -OCH3 is 1. The van der Waals surface area contributed by atoms with E-state index in [-0.39, 0.29) is 12.0 Å². The van der Waals surface area contributed by atoms with Crippen LogP contribution >= 0.6 is 0 Å². The van der Waals surface area contributed by atoms with Gasteiger partial charge in [0.1, 0.15) is 0 Å². The van der Waals surface area contributed by atoms with Crippen molar-refractivity contribution in [1.29, 1.82) is 0 Å². The fraction of sp³-hybridized carbons (Fsp3) is 0.917. The van der Waals surface area contributed by atoms with Crippen molar-refractivity contribution < 1.29 is 9.53 Å². The van der Waals surface area contributed by atoms with E-state index >= 15 is 0 Å². The van der Waals surface area contributed by atoms with E-state index in [1.54, 1.807) is 7.11 Å². The number of ether oxygens (including phenoxy) is 1. The van der Waals surface area contributed by atoms with Gasteiger partial charge < -0.3 is 15.4 Å². The molecular formula is C12H24N2O2. The molecule has 0 aromatic carbocycles. The van der Waals surface area contributed by atoms with Gasteiger partial charge in [0.05, 0.1) is 12.5 Å². The average Bonchev–Trinajstić information content (AvgIpc) is 2.35. The Morgan fingerprint density at radius 2 is 2.38 bits per heavy atom. The Hall–Kier alpha value is -0.610. The van der Waals surface area contributed by atoms with E-state index in [4.69, 9.17) is 10.5 Å². The molecule has 1 amide bonds. The first kappa shape index (κ1) is 13.5. The van der Waals surface area contributed by atoms with Crippen molar-refractivity contribution in [1.82, 2.24) is 4.90 Å². The monoisotopic (exact) mass is 228 g/mol. The van der Waals surface area contributed by atoms with Crippen LogP contribution in [-0.2, 0) is 9.53 Å². The van der Waals surface area contributed by atoms with Gasteiger partial charge in [-0.3, -0.25) is 4.79 Å². The van der Waals surface area contributed by atoms with Crippen molar-refractivity contribution in [3.05, 3.63) is 0 Å². The van der Waals surface area contributed by atoms with Gasteiger partial charge in [-0.15, -0.1) is 0 Å². The molecule has 2 atom stereocenters. The summed E-state index contributed by atoms with van der Waals surface area (Å²) < 4.78 is 5.14. The van der Waals surface area contributed by atoms with E-state index in [0.29, 0.717) is 18.9 Å². The molecule has 94 valence electrons. The molecular weight excluding hydrogens is 204 g/mol. The quantitative estimate of drug-likeness (QED) is 0.763. The molecule has 1 aliphatic heterocycles. The van der Waals surface area contributed by atoms with Gasteiger partial charge in [-0.1, -0.05) is 13.3 Å². The third kappa shape index (κ3) is 3.76. The number of rotatable bonds is 5. The molecule has 16 heavy (non-hydrogen) atoms. The summed E-state index contributed by atoms with van der Waals surface area (Å²) in [5.74, 6) is 0.868. The first-order chi connectivity index (χ1) is 7.71. The molecule has 1 heterocycles. The van der Waals surface area contributed by atoms with Gasteiger partial charge in [-0.25, -0.2) is 0 Å². The largest absolute Gasteiger partial charge is 0.380 e. The molecule has 1 aliphatic rings. The van der Waals surface area contributed by atoms with Crippen LogP contribution in [0.25, 0.3) is 0 Å². The molecule has 1 saturated heterocycles. The third-order valence-corrected chi connectivity index (χ3v) is 3.45.